The highest BCUT2D eigenvalue weighted by Gasteiger charge is 2.37. The predicted molar refractivity (Wildman–Crippen MR) is 157 cm³/mol. The van der Waals surface area contributed by atoms with Gasteiger partial charge in [0.1, 0.15) is 11.2 Å². The third-order valence-electron chi connectivity index (χ3n) is 8.18. The van der Waals surface area contributed by atoms with Crippen molar-refractivity contribution in [1.29, 1.82) is 0 Å². The normalized spacial score (nSPS) is 18.8. The van der Waals surface area contributed by atoms with E-state index < -0.39 is 11.2 Å². The number of nitrogens with one attached hydrogen (secondary N) is 1. The van der Waals surface area contributed by atoms with E-state index in [2.05, 4.69) is 10.2 Å². The van der Waals surface area contributed by atoms with Gasteiger partial charge in [0, 0.05) is 37.6 Å². The van der Waals surface area contributed by atoms with E-state index >= 15 is 0 Å². The smallest absolute Gasteiger partial charge is 0.410 e. The fourth-order valence-corrected chi connectivity index (χ4v) is 5.87. The van der Waals surface area contributed by atoms with Gasteiger partial charge in [-0.25, -0.2) is 4.79 Å². The molecule has 0 spiro atoms. The maximum Gasteiger partial charge on any atom is 0.410 e. The molecule has 1 aromatic heterocycles. The Morgan fingerprint density at radius 3 is 2.38 bits per heavy atom. The Morgan fingerprint density at radius 2 is 1.77 bits per heavy atom. The van der Waals surface area contributed by atoms with Crippen molar-refractivity contribution in [2.24, 2.45) is 5.92 Å². The van der Waals surface area contributed by atoms with Gasteiger partial charge in [0.15, 0.2) is 0 Å². The number of piperidine rings is 2. The SMILES string of the molecule is Cc1cccc2c1cc(C(=O)NCC1CCN(CC3(O)CCN(C(=O)OC(C)(C)C)CC3)CC1)c(=O)n2C(C)C. The molecule has 0 unspecified atom stereocenters. The third kappa shape index (κ3) is 7.04. The largest absolute Gasteiger partial charge is 0.444 e. The molecule has 3 heterocycles. The average Bonchev–Trinajstić information content (AvgIpc) is 2.87. The lowest BCUT2D eigenvalue weighted by Crippen LogP contribution is -2.54. The van der Waals surface area contributed by atoms with Crippen LogP contribution in [-0.2, 0) is 4.74 Å². The van der Waals surface area contributed by atoms with E-state index in [-0.39, 0.29) is 29.2 Å². The molecule has 2 saturated heterocycles. The minimum Gasteiger partial charge on any atom is -0.444 e. The summed E-state index contributed by atoms with van der Waals surface area (Å²) in [5, 5.41) is 15.1. The summed E-state index contributed by atoms with van der Waals surface area (Å²) in [4.78, 5) is 42.7. The first kappa shape index (κ1) is 30.1. The van der Waals surface area contributed by atoms with E-state index in [0.29, 0.717) is 44.9 Å². The van der Waals surface area contributed by atoms with Crippen LogP contribution in [0, 0.1) is 12.8 Å². The number of ether oxygens (including phenoxy) is 1. The summed E-state index contributed by atoms with van der Waals surface area (Å²) < 4.78 is 7.18. The van der Waals surface area contributed by atoms with Crippen LogP contribution in [-0.4, -0.2) is 81.9 Å². The van der Waals surface area contributed by atoms with Crippen LogP contribution < -0.4 is 10.9 Å². The molecule has 2 aromatic rings. The fourth-order valence-electron chi connectivity index (χ4n) is 5.87. The number of pyridine rings is 1. The number of benzene rings is 1. The molecule has 9 heteroatoms. The quantitative estimate of drug-likeness (QED) is 0.557. The van der Waals surface area contributed by atoms with Crippen molar-refractivity contribution in [3.63, 3.8) is 0 Å². The van der Waals surface area contributed by atoms with Gasteiger partial charge in [-0.15, -0.1) is 0 Å². The molecule has 0 atom stereocenters. The van der Waals surface area contributed by atoms with Crippen molar-refractivity contribution in [2.45, 2.75) is 84.5 Å². The van der Waals surface area contributed by atoms with Gasteiger partial charge in [0.05, 0.1) is 11.1 Å². The molecule has 220 valence electrons. The van der Waals surface area contributed by atoms with Crippen LogP contribution in [0.4, 0.5) is 4.79 Å². The van der Waals surface area contributed by atoms with Crippen molar-refractivity contribution in [1.82, 2.24) is 19.7 Å². The van der Waals surface area contributed by atoms with Gasteiger partial charge in [0.2, 0.25) is 0 Å². The molecule has 0 saturated carbocycles. The zero-order chi connectivity index (χ0) is 29.2. The molecule has 0 bridgehead atoms. The number of nitrogens with zero attached hydrogens (tertiary/aromatic N) is 3. The number of amides is 2. The number of aliphatic hydroxyl groups is 1. The van der Waals surface area contributed by atoms with E-state index in [1.165, 1.54) is 0 Å². The van der Waals surface area contributed by atoms with Crippen molar-refractivity contribution < 1.29 is 19.4 Å². The lowest BCUT2D eigenvalue weighted by Gasteiger charge is -2.42. The Labute approximate surface area is 237 Å². The molecule has 0 aliphatic carbocycles. The molecule has 2 amide bonds. The topological polar surface area (TPSA) is 104 Å². The molecule has 4 rings (SSSR count). The summed E-state index contributed by atoms with van der Waals surface area (Å²) in [6.45, 7) is 15.2. The minimum atomic E-state index is -0.815. The maximum absolute atomic E-state index is 13.3. The molecule has 2 fully saturated rings. The second-order valence-corrected chi connectivity index (χ2v) is 13.0. The van der Waals surface area contributed by atoms with Crippen molar-refractivity contribution >= 4 is 22.9 Å². The molecule has 0 radical (unpaired) electrons. The number of likely N-dealkylation sites (tertiary alicyclic amines) is 2. The first-order valence-corrected chi connectivity index (χ1v) is 14.6. The van der Waals surface area contributed by atoms with Gasteiger partial charge in [-0.2, -0.15) is 0 Å². The highest BCUT2D eigenvalue weighted by atomic mass is 16.6. The van der Waals surface area contributed by atoms with Crippen LogP contribution in [0.3, 0.4) is 0 Å². The molecule has 9 nitrogen and oxygen atoms in total. The number of hydrogen-bond donors (Lipinski definition) is 2. The molecule has 40 heavy (non-hydrogen) atoms. The van der Waals surface area contributed by atoms with E-state index in [9.17, 15) is 19.5 Å². The van der Waals surface area contributed by atoms with E-state index in [1.807, 2.05) is 59.7 Å². The van der Waals surface area contributed by atoms with E-state index in [1.54, 1.807) is 15.5 Å². The summed E-state index contributed by atoms with van der Waals surface area (Å²) in [5.41, 5.74) is 0.464. The van der Waals surface area contributed by atoms with Gasteiger partial charge < -0.3 is 29.5 Å². The lowest BCUT2D eigenvalue weighted by molar-refractivity contribution is -0.0541. The highest BCUT2D eigenvalue weighted by Crippen LogP contribution is 2.27. The van der Waals surface area contributed by atoms with Crippen LogP contribution in [0.1, 0.15) is 82.3 Å². The van der Waals surface area contributed by atoms with Crippen molar-refractivity contribution in [3.05, 3.63) is 45.7 Å². The van der Waals surface area contributed by atoms with Crippen LogP contribution in [0.2, 0.25) is 0 Å². The Bertz CT molecular complexity index is 1280. The number of aryl methyl sites for hydroxylation is 1. The molecular formula is C31H46N4O5. The summed E-state index contributed by atoms with van der Waals surface area (Å²) in [5.74, 6) is -0.00332. The average molecular weight is 555 g/mol. The van der Waals surface area contributed by atoms with Crippen molar-refractivity contribution in [3.8, 4) is 0 Å². The number of fused-ring (bicyclic) bond motifs is 1. The van der Waals surface area contributed by atoms with Gasteiger partial charge in [-0.3, -0.25) is 9.59 Å². The van der Waals surface area contributed by atoms with Crippen molar-refractivity contribution in [2.75, 3.05) is 39.3 Å². The molecule has 2 N–H and O–H groups in total. The Hall–Kier alpha value is -2.91. The fraction of sp³-hybridized carbons (Fsp3) is 0.645. The number of aromatic nitrogens is 1. The van der Waals surface area contributed by atoms with E-state index in [4.69, 9.17) is 4.74 Å². The van der Waals surface area contributed by atoms with Gasteiger partial charge in [-0.05, 0) is 104 Å². The Morgan fingerprint density at radius 1 is 1.12 bits per heavy atom. The van der Waals surface area contributed by atoms with Crippen LogP contribution in [0.25, 0.3) is 10.9 Å². The third-order valence-corrected chi connectivity index (χ3v) is 8.18. The van der Waals surface area contributed by atoms with Gasteiger partial charge in [-0.1, -0.05) is 12.1 Å². The standard InChI is InChI=1S/C31H46N4O5/c1-21(2)35-26-9-7-8-22(3)24(26)18-25(28(35)37)27(36)32-19-23-10-14-33(15-11-23)20-31(39)12-16-34(17-13-31)29(38)40-30(4,5)6/h7-9,18,21,23,39H,10-17,19-20H2,1-6H3,(H,32,36). The Kier molecular flexibility index (Phi) is 8.95. The van der Waals surface area contributed by atoms with Gasteiger partial charge >= 0.3 is 6.09 Å². The summed E-state index contributed by atoms with van der Waals surface area (Å²) >= 11 is 0. The molecule has 2 aliphatic rings. The van der Waals surface area contributed by atoms with Crippen LogP contribution in [0.15, 0.2) is 29.1 Å². The number of carbonyl (C=O) groups is 2. The van der Waals surface area contributed by atoms with Gasteiger partial charge in [0.25, 0.3) is 11.5 Å². The van der Waals surface area contributed by atoms with E-state index in [0.717, 1.165) is 42.4 Å². The highest BCUT2D eigenvalue weighted by molar-refractivity contribution is 5.98. The summed E-state index contributed by atoms with van der Waals surface area (Å²) in [7, 11) is 0. The predicted octanol–water partition coefficient (Wildman–Crippen LogP) is 4.09. The number of β-amino-alcohol motifs (C(OH)–C–C–N with tert-alkyl or cyclic N) is 1. The lowest BCUT2D eigenvalue weighted by atomic mass is 9.89. The van der Waals surface area contributed by atoms with Crippen LogP contribution in [0.5, 0.6) is 0 Å². The Balaban J connectivity index is 1.28. The zero-order valence-corrected chi connectivity index (χ0v) is 25.0. The molecule has 1 aromatic carbocycles. The van der Waals surface area contributed by atoms with Crippen LogP contribution >= 0.6 is 0 Å². The maximum atomic E-state index is 13.3. The second-order valence-electron chi connectivity index (χ2n) is 13.0. The monoisotopic (exact) mass is 554 g/mol. The number of hydrogen-bond acceptors (Lipinski definition) is 6. The molecule has 2 aliphatic heterocycles. The number of carbonyl (C=O) groups excluding carboxylic acids is 2. The summed E-state index contributed by atoms with van der Waals surface area (Å²) in [6.07, 6.45) is 2.56. The first-order valence-electron chi connectivity index (χ1n) is 14.6. The molecular weight excluding hydrogens is 508 g/mol. The second kappa shape index (κ2) is 11.9. The summed E-state index contributed by atoms with van der Waals surface area (Å²) in [6, 6.07) is 7.54. The first-order chi connectivity index (χ1) is 18.8. The minimum absolute atomic E-state index is 0.0618. The zero-order valence-electron chi connectivity index (χ0n) is 25.0. The number of rotatable bonds is 6.